The maximum atomic E-state index is 10.1. The van der Waals surface area contributed by atoms with E-state index in [-0.39, 0.29) is 30.1 Å². The molecule has 1 aromatic rings. The summed E-state index contributed by atoms with van der Waals surface area (Å²) in [4.78, 5) is 0. The second-order valence-corrected chi connectivity index (χ2v) is 4.89. The van der Waals surface area contributed by atoms with Crippen LogP contribution in [-0.2, 0) is 4.74 Å². The molecule has 1 saturated heterocycles. The Kier molecular flexibility index (Phi) is 6.20. The number of phenolic OH excluding ortho intramolecular Hbond substituents is 1. The number of methoxy groups -OCH3 is 1. The van der Waals surface area contributed by atoms with Crippen molar-refractivity contribution in [1.82, 2.24) is 0 Å². The third-order valence-corrected chi connectivity index (χ3v) is 3.76. The zero-order valence-electron chi connectivity index (χ0n) is 10.8. The van der Waals surface area contributed by atoms with Crippen LogP contribution < -0.4 is 10.5 Å². The summed E-state index contributed by atoms with van der Waals surface area (Å²) in [5.74, 6) is 0.878. The molecule has 1 atom stereocenters. The van der Waals surface area contributed by atoms with Gasteiger partial charge < -0.3 is 20.3 Å². The van der Waals surface area contributed by atoms with Gasteiger partial charge in [0.1, 0.15) is 11.5 Å². The summed E-state index contributed by atoms with van der Waals surface area (Å²) in [7, 11) is 1.56. The fourth-order valence-corrected chi connectivity index (χ4v) is 2.54. The van der Waals surface area contributed by atoms with Crippen molar-refractivity contribution >= 4 is 24.0 Å². The summed E-state index contributed by atoms with van der Waals surface area (Å²) >= 11 is 5.94. The van der Waals surface area contributed by atoms with E-state index in [9.17, 15) is 5.11 Å². The van der Waals surface area contributed by atoms with Gasteiger partial charge in [0.25, 0.3) is 0 Å². The second-order valence-electron chi connectivity index (χ2n) is 4.49. The molecule has 0 aromatic heterocycles. The lowest BCUT2D eigenvalue weighted by molar-refractivity contribution is 0.0578. The van der Waals surface area contributed by atoms with Gasteiger partial charge in [0.05, 0.1) is 17.7 Å². The molecule has 1 aromatic carbocycles. The van der Waals surface area contributed by atoms with Crippen molar-refractivity contribution in [1.29, 1.82) is 0 Å². The van der Waals surface area contributed by atoms with Gasteiger partial charge in [-0.25, -0.2) is 0 Å². The van der Waals surface area contributed by atoms with Crippen LogP contribution in [0.4, 0.5) is 0 Å². The molecule has 0 amide bonds. The number of hydrogen-bond acceptors (Lipinski definition) is 4. The van der Waals surface area contributed by atoms with Crippen LogP contribution in [0.5, 0.6) is 11.5 Å². The van der Waals surface area contributed by atoms with Gasteiger partial charge in [-0.2, -0.15) is 0 Å². The first-order chi connectivity index (χ1) is 8.65. The standard InChI is InChI=1S/C13H18ClNO3.ClH/c1-17-10-3-2-9(14)13(16)11(10)12(15)8-4-6-18-7-5-8;/h2-3,8,12,16H,4-7,15H2,1H3;1H/t12-;/m1./s1. The van der Waals surface area contributed by atoms with E-state index in [1.54, 1.807) is 19.2 Å². The fraction of sp³-hybridized carbons (Fsp3) is 0.538. The first-order valence-electron chi connectivity index (χ1n) is 6.03. The molecular formula is C13H19Cl2NO3. The fourth-order valence-electron chi connectivity index (χ4n) is 2.37. The Bertz CT molecular complexity index is 423. The summed E-state index contributed by atoms with van der Waals surface area (Å²) in [5, 5.41) is 10.4. The van der Waals surface area contributed by atoms with Crippen LogP contribution >= 0.6 is 24.0 Å². The first kappa shape index (κ1) is 16.4. The summed E-state index contributed by atoms with van der Waals surface area (Å²) < 4.78 is 10.6. The molecule has 1 fully saturated rings. The second kappa shape index (κ2) is 7.20. The predicted octanol–water partition coefficient (Wildman–Crippen LogP) is 2.90. The van der Waals surface area contributed by atoms with E-state index in [4.69, 9.17) is 26.8 Å². The number of ether oxygens (including phenoxy) is 2. The normalized spacial score (nSPS) is 17.6. The lowest BCUT2D eigenvalue weighted by atomic mass is 9.87. The molecule has 3 N–H and O–H groups in total. The number of halogens is 2. The number of rotatable bonds is 3. The van der Waals surface area contributed by atoms with Crippen molar-refractivity contribution < 1.29 is 14.6 Å². The molecule has 0 saturated carbocycles. The third kappa shape index (κ3) is 3.45. The van der Waals surface area contributed by atoms with Crippen LogP contribution in [0.25, 0.3) is 0 Å². The van der Waals surface area contributed by atoms with E-state index in [0.29, 0.717) is 29.5 Å². The van der Waals surface area contributed by atoms with Crippen LogP contribution in [0.1, 0.15) is 24.4 Å². The Labute approximate surface area is 124 Å². The molecule has 1 aliphatic heterocycles. The zero-order valence-corrected chi connectivity index (χ0v) is 12.3. The number of aromatic hydroxyl groups is 1. The lowest BCUT2D eigenvalue weighted by Gasteiger charge is -2.29. The van der Waals surface area contributed by atoms with Crippen LogP contribution in [0.2, 0.25) is 5.02 Å². The van der Waals surface area contributed by atoms with Crippen molar-refractivity contribution in [2.24, 2.45) is 11.7 Å². The Morgan fingerprint density at radius 3 is 2.63 bits per heavy atom. The number of phenols is 1. The van der Waals surface area contributed by atoms with Gasteiger partial charge in [-0.15, -0.1) is 12.4 Å². The molecule has 1 aliphatic rings. The van der Waals surface area contributed by atoms with Gasteiger partial charge in [-0.05, 0) is 30.9 Å². The van der Waals surface area contributed by atoms with E-state index < -0.39 is 0 Å². The summed E-state index contributed by atoms with van der Waals surface area (Å²) in [6, 6.07) is 3.05. The SMILES string of the molecule is COc1ccc(Cl)c(O)c1[C@H](N)C1CCOCC1.Cl. The van der Waals surface area contributed by atoms with Crippen LogP contribution in [0.15, 0.2) is 12.1 Å². The van der Waals surface area contributed by atoms with Crippen molar-refractivity contribution in [3.05, 3.63) is 22.7 Å². The average Bonchev–Trinajstić information content (AvgIpc) is 2.42. The van der Waals surface area contributed by atoms with Crippen molar-refractivity contribution in [2.75, 3.05) is 20.3 Å². The van der Waals surface area contributed by atoms with Gasteiger partial charge in [-0.1, -0.05) is 11.6 Å². The summed E-state index contributed by atoms with van der Waals surface area (Å²) in [6.45, 7) is 1.42. The van der Waals surface area contributed by atoms with Gasteiger partial charge in [0, 0.05) is 19.3 Å². The number of benzene rings is 1. The lowest BCUT2D eigenvalue weighted by Crippen LogP contribution is -2.27. The van der Waals surface area contributed by atoms with Crippen LogP contribution in [-0.4, -0.2) is 25.4 Å². The average molecular weight is 308 g/mol. The topological polar surface area (TPSA) is 64.7 Å². The quantitative estimate of drug-likeness (QED) is 0.901. The molecule has 0 unspecified atom stereocenters. The van der Waals surface area contributed by atoms with E-state index >= 15 is 0 Å². The minimum atomic E-state index is -0.289. The maximum absolute atomic E-state index is 10.1. The first-order valence-corrected chi connectivity index (χ1v) is 6.41. The molecule has 0 bridgehead atoms. The molecule has 1 heterocycles. The highest BCUT2D eigenvalue weighted by Gasteiger charge is 2.27. The zero-order chi connectivity index (χ0) is 13.1. The van der Waals surface area contributed by atoms with E-state index in [2.05, 4.69) is 0 Å². The highest BCUT2D eigenvalue weighted by molar-refractivity contribution is 6.32. The summed E-state index contributed by atoms with van der Waals surface area (Å²) in [6.07, 6.45) is 1.77. The molecule has 0 radical (unpaired) electrons. The smallest absolute Gasteiger partial charge is 0.142 e. The van der Waals surface area contributed by atoms with Crippen LogP contribution in [0.3, 0.4) is 0 Å². The van der Waals surface area contributed by atoms with Gasteiger partial charge >= 0.3 is 0 Å². The number of hydrogen-bond donors (Lipinski definition) is 2. The molecule has 0 aliphatic carbocycles. The molecule has 6 heteroatoms. The minimum Gasteiger partial charge on any atom is -0.506 e. The molecule has 0 spiro atoms. The number of nitrogens with two attached hydrogens (primary N) is 1. The Balaban J connectivity index is 0.00000180. The highest BCUT2D eigenvalue weighted by Crippen LogP contribution is 2.42. The Morgan fingerprint density at radius 1 is 1.42 bits per heavy atom. The third-order valence-electron chi connectivity index (χ3n) is 3.45. The Morgan fingerprint density at radius 2 is 2.05 bits per heavy atom. The van der Waals surface area contributed by atoms with Crippen molar-refractivity contribution in [2.45, 2.75) is 18.9 Å². The van der Waals surface area contributed by atoms with Crippen LogP contribution in [0, 0.1) is 5.92 Å². The predicted molar refractivity (Wildman–Crippen MR) is 77.4 cm³/mol. The van der Waals surface area contributed by atoms with Crippen molar-refractivity contribution in [3.8, 4) is 11.5 Å². The Hall–Kier alpha value is -0.680. The maximum Gasteiger partial charge on any atom is 0.142 e. The molecule has 19 heavy (non-hydrogen) atoms. The van der Waals surface area contributed by atoms with Crippen molar-refractivity contribution in [3.63, 3.8) is 0 Å². The molecule has 2 rings (SSSR count). The van der Waals surface area contributed by atoms with E-state index in [1.807, 2.05) is 0 Å². The van der Waals surface area contributed by atoms with Gasteiger partial charge in [0.2, 0.25) is 0 Å². The largest absolute Gasteiger partial charge is 0.506 e. The minimum absolute atomic E-state index is 0. The van der Waals surface area contributed by atoms with E-state index in [0.717, 1.165) is 12.8 Å². The molecule has 108 valence electrons. The van der Waals surface area contributed by atoms with Gasteiger partial charge in [0.15, 0.2) is 0 Å². The monoisotopic (exact) mass is 307 g/mol. The highest BCUT2D eigenvalue weighted by atomic mass is 35.5. The van der Waals surface area contributed by atoms with E-state index in [1.165, 1.54) is 0 Å². The molecular weight excluding hydrogens is 289 g/mol. The van der Waals surface area contributed by atoms with Gasteiger partial charge in [-0.3, -0.25) is 0 Å². The summed E-state index contributed by atoms with van der Waals surface area (Å²) in [5.41, 5.74) is 6.86. The molecule has 4 nitrogen and oxygen atoms in total.